The highest BCUT2D eigenvalue weighted by molar-refractivity contribution is 9.10. The molecule has 0 spiro atoms. The van der Waals surface area contributed by atoms with Crippen LogP contribution < -0.4 is 5.32 Å². The van der Waals surface area contributed by atoms with Gasteiger partial charge in [-0.2, -0.15) is 4.98 Å². The molecule has 1 N–H and O–H groups in total. The molecule has 2 aromatic rings. The third-order valence-corrected chi connectivity index (χ3v) is 3.27. The molecular weight excluding hydrogens is 286 g/mol. The number of hydrogen-bond donors (Lipinski definition) is 1. The molecule has 3 rings (SSSR count). The monoisotopic (exact) mass is 297 g/mol. The second-order valence-electron chi connectivity index (χ2n) is 4.06. The summed E-state index contributed by atoms with van der Waals surface area (Å²) in [6.07, 6.45) is 3.45. The van der Waals surface area contributed by atoms with Crippen LogP contribution in [0.5, 0.6) is 0 Å². The largest absolute Gasteiger partial charge is 0.446 e. The van der Waals surface area contributed by atoms with E-state index in [0.29, 0.717) is 22.1 Å². The Hall–Kier alpha value is -1.14. The summed E-state index contributed by atoms with van der Waals surface area (Å²) in [7, 11) is 0. The zero-order valence-electron chi connectivity index (χ0n) is 9.15. The van der Waals surface area contributed by atoms with Crippen LogP contribution in [0, 0.1) is 0 Å². The van der Waals surface area contributed by atoms with Gasteiger partial charge in [0.1, 0.15) is 0 Å². The standard InChI is InChI=1S/C11H12BrN3O2/c12-9-5-4-8(16-9)10-14-11(17-15-10)7-3-1-2-6-13-7/h4-5,7,13H,1-3,6H2. The van der Waals surface area contributed by atoms with Crippen LogP contribution in [-0.4, -0.2) is 16.7 Å². The Morgan fingerprint density at radius 1 is 1.35 bits per heavy atom. The van der Waals surface area contributed by atoms with Gasteiger partial charge >= 0.3 is 0 Å². The molecular formula is C11H12BrN3O2. The summed E-state index contributed by atoms with van der Waals surface area (Å²) in [4.78, 5) is 4.36. The topological polar surface area (TPSA) is 64.1 Å². The molecule has 5 nitrogen and oxygen atoms in total. The van der Waals surface area contributed by atoms with E-state index in [1.165, 1.54) is 12.8 Å². The molecule has 1 aliphatic rings. The van der Waals surface area contributed by atoms with E-state index < -0.39 is 0 Å². The van der Waals surface area contributed by atoms with Crippen LogP contribution in [0.4, 0.5) is 0 Å². The minimum Gasteiger partial charge on any atom is -0.446 e. The summed E-state index contributed by atoms with van der Waals surface area (Å²) in [5.41, 5.74) is 0. The molecule has 1 saturated heterocycles. The highest BCUT2D eigenvalue weighted by atomic mass is 79.9. The van der Waals surface area contributed by atoms with Crippen molar-refractivity contribution in [1.82, 2.24) is 15.5 Å². The summed E-state index contributed by atoms with van der Waals surface area (Å²) >= 11 is 3.25. The summed E-state index contributed by atoms with van der Waals surface area (Å²) in [5, 5.41) is 7.30. The van der Waals surface area contributed by atoms with E-state index >= 15 is 0 Å². The van der Waals surface area contributed by atoms with E-state index in [1.807, 2.05) is 12.1 Å². The molecule has 0 amide bonds. The van der Waals surface area contributed by atoms with Crippen LogP contribution in [0.25, 0.3) is 11.6 Å². The first-order valence-electron chi connectivity index (χ1n) is 5.65. The average molecular weight is 298 g/mol. The molecule has 1 atom stereocenters. The molecule has 1 aliphatic heterocycles. The fourth-order valence-corrected chi connectivity index (χ4v) is 2.28. The van der Waals surface area contributed by atoms with Gasteiger partial charge in [0.15, 0.2) is 10.4 Å². The number of hydrogen-bond acceptors (Lipinski definition) is 5. The number of furan rings is 1. The van der Waals surface area contributed by atoms with Crippen molar-refractivity contribution < 1.29 is 8.94 Å². The molecule has 1 unspecified atom stereocenters. The number of aromatic nitrogens is 2. The van der Waals surface area contributed by atoms with Gasteiger partial charge < -0.3 is 14.3 Å². The predicted octanol–water partition coefficient (Wildman–Crippen LogP) is 2.91. The van der Waals surface area contributed by atoms with Crippen LogP contribution in [-0.2, 0) is 0 Å². The molecule has 0 saturated carbocycles. The zero-order valence-corrected chi connectivity index (χ0v) is 10.7. The van der Waals surface area contributed by atoms with Crippen molar-refractivity contribution in [2.75, 3.05) is 6.54 Å². The highest BCUT2D eigenvalue weighted by Crippen LogP contribution is 2.26. The molecule has 3 heterocycles. The Morgan fingerprint density at radius 3 is 3.00 bits per heavy atom. The fraction of sp³-hybridized carbons (Fsp3) is 0.455. The maximum absolute atomic E-state index is 5.38. The Bertz CT molecular complexity index is 502. The molecule has 90 valence electrons. The number of nitrogens with zero attached hydrogens (tertiary/aromatic N) is 2. The fourth-order valence-electron chi connectivity index (χ4n) is 1.97. The van der Waals surface area contributed by atoms with Gasteiger partial charge in [0, 0.05) is 0 Å². The second-order valence-corrected chi connectivity index (χ2v) is 4.84. The van der Waals surface area contributed by atoms with Gasteiger partial charge in [-0.15, -0.1) is 0 Å². The van der Waals surface area contributed by atoms with E-state index in [2.05, 4.69) is 31.4 Å². The van der Waals surface area contributed by atoms with Crippen molar-refractivity contribution in [3.8, 4) is 11.6 Å². The Balaban J connectivity index is 1.82. The molecule has 0 radical (unpaired) electrons. The normalized spacial score (nSPS) is 20.6. The molecule has 2 aromatic heterocycles. The van der Waals surface area contributed by atoms with Crippen molar-refractivity contribution in [1.29, 1.82) is 0 Å². The first kappa shape index (κ1) is 11.0. The minimum atomic E-state index is 0.184. The lowest BCUT2D eigenvalue weighted by molar-refractivity contribution is 0.297. The van der Waals surface area contributed by atoms with Crippen LogP contribution in [0.1, 0.15) is 31.2 Å². The summed E-state index contributed by atoms with van der Waals surface area (Å²) < 4.78 is 11.3. The van der Waals surface area contributed by atoms with E-state index in [-0.39, 0.29) is 6.04 Å². The molecule has 0 bridgehead atoms. The molecule has 0 aliphatic carbocycles. The Kier molecular flexibility index (Phi) is 2.98. The third kappa shape index (κ3) is 2.28. The van der Waals surface area contributed by atoms with Crippen LogP contribution in [0.3, 0.4) is 0 Å². The summed E-state index contributed by atoms with van der Waals surface area (Å²) in [6, 6.07) is 3.81. The zero-order chi connectivity index (χ0) is 11.7. The molecule has 17 heavy (non-hydrogen) atoms. The van der Waals surface area contributed by atoms with Crippen LogP contribution in [0.15, 0.2) is 25.7 Å². The van der Waals surface area contributed by atoms with Gasteiger partial charge in [-0.1, -0.05) is 11.6 Å². The minimum absolute atomic E-state index is 0.184. The van der Waals surface area contributed by atoms with Crippen molar-refractivity contribution in [3.63, 3.8) is 0 Å². The number of nitrogens with one attached hydrogen (secondary N) is 1. The SMILES string of the molecule is Brc1ccc(-c2noc(C3CCCCN3)n2)o1. The van der Waals surface area contributed by atoms with Crippen molar-refractivity contribution >= 4 is 15.9 Å². The van der Waals surface area contributed by atoms with Gasteiger partial charge in [-0.3, -0.25) is 0 Å². The molecule has 6 heteroatoms. The molecule has 0 aromatic carbocycles. The van der Waals surface area contributed by atoms with Crippen molar-refractivity contribution in [2.24, 2.45) is 0 Å². The van der Waals surface area contributed by atoms with E-state index in [9.17, 15) is 0 Å². The second kappa shape index (κ2) is 4.62. The van der Waals surface area contributed by atoms with E-state index in [4.69, 9.17) is 8.94 Å². The quantitative estimate of drug-likeness (QED) is 0.923. The first-order valence-corrected chi connectivity index (χ1v) is 6.45. The average Bonchev–Trinajstić information content (AvgIpc) is 2.98. The Labute approximate surface area is 107 Å². The molecule has 1 fully saturated rings. The number of halogens is 1. The van der Waals surface area contributed by atoms with Crippen molar-refractivity contribution in [2.45, 2.75) is 25.3 Å². The lowest BCUT2D eigenvalue weighted by Crippen LogP contribution is -2.26. The van der Waals surface area contributed by atoms with E-state index in [0.717, 1.165) is 13.0 Å². The third-order valence-electron chi connectivity index (χ3n) is 2.84. The van der Waals surface area contributed by atoms with Crippen LogP contribution >= 0.6 is 15.9 Å². The van der Waals surface area contributed by atoms with Gasteiger partial charge in [0.05, 0.1) is 6.04 Å². The van der Waals surface area contributed by atoms with Gasteiger partial charge in [-0.25, -0.2) is 0 Å². The van der Waals surface area contributed by atoms with E-state index in [1.54, 1.807) is 0 Å². The Morgan fingerprint density at radius 2 is 2.29 bits per heavy atom. The summed E-state index contributed by atoms with van der Waals surface area (Å²) in [5.74, 6) is 1.76. The van der Waals surface area contributed by atoms with Gasteiger partial charge in [-0.05, 0) is 47.4 Å². The smallest absolute Gasteiger partial charge is 0.244 e. The number of rotatable bonds is 2. The highest BCUT2D eigenvalue weighted by Gasteiger charge is 2.22. The lowest BCUT2D eigenvalue weighted by atomic mass is 10.1. The summed E-state index contributed by atoms with van der Waals surface area (Å²) in [6.45, 7) is 1.01. The van der Waals surface area contributed by atoms with Gasteiger partial charge in [0.25, 0.3) is 0 Å². The first-order chi connectivity index (χ1) is 8.33. The maximum Gasteiger partial charge on any atom is 0.244 e. The van der Waals surface area contributed by atoms with Crippen LogP contribution in [0.2, 0.25) is 0 Å². The van der Waals surface area contributed by atoms with Crippen molar-refractivity contribution in [3.05, 3.63) is 22.7 Å². The van der Waals surface area contributed by atoms with Gasteiger partial charge in [0.2, 0.25) is 11.7 Å². The predicted molar refractivity (Wildman–Crippen MR) is 64.3 cm³/mol. The lowest BCUT2D eigenvalue weighted by Gasteiger charge is -2.19. The maximum atomic E-state index is 5.38. The number of piperidine rings is 1.